The molecule has 9 heteroatoms. The molecule has 1 saturated heterocycles. The van der Waals surface area contributed by atoms with Crippen LogP contribution >= 0.6 is 11.6 Å². The summed E-state index contributed by atoms with van der Waals surface area (Å²) in [5, 5.41) is 0.194. The minimum absolute atomic E-state index is 0.0529. The first-order chi connectivity index (χ1) is 14.3. The number of benzene rings is 2. The van der Waals surface area contributed by atoms with E-state index in [9.17, 15) is 17.6 Å². The predicted molar refractivity (Wildman–Crippen MR) is 110 cm³/mol. The lowest BCUT2D eigenvalue weighted by Gasteiger charge is -2.30. The molecule has 0 aromatic heterocycles. The van der Waals surface area contributed by atoms with E-state index in [1.54, 1.807) is 12.1 Å². The number of rotatable bonds is 7. The molecule has 1 fully saturated rings. The Kier molecular flexibility index (Phi) is 7.33. The van der Waals surface area contributed by atoms with E-state index in [0.29, 0.717) is 30.8 Å². The van der Waals surface area contributed by atoms with Crippen molar-refractivity contribution in [1.82, 2.24) is 4.31 Å². The van der Waals surface area contributed by atoms with Crippen LogP contribution in [0.4, 0.5) is 4.39 Å². The number of halogens is 2. The molecular formula is C21H23ClFNO5S. The van der Waals surface area contributed by atoms with E-state index in [-0.39, 0.29) is 29.6 Å². The van der Waals surface area contributed by atoms with Crippen LogP contribution in [0.3, 0.4) is 0 Å². The van der Waals surface area contributed by atoms with Crippen LogP contribution in [0.25, 0.3) is 0 Å². The summed E-state index contributed by atoms with van der Waals surface area (Å²) in [6.45, 7) is 2.76. The fraction of sp³-hybridized carbons (Fsp3) is 0.381. The fourth-order valence-corrected chi connectivity index (χ4v) is 4.95. The largest absolute Gasteiger partial charge is 0.494 e. The van der Waals surface area contributed by atoms with Gasteiger partial charge in [0.1, 0.15) is 18.2 Å². The average Bonchev–Trinajstić information content (AvgIpc) is 2.73. The van der Waals surface area contributed by atoms with E-state index in [1.807, 2.05) is 6.92 Å². The van der Waals surface area contributed by atoms with Crippen molar-refractivity contribution >= 4 is 27.6 Å². The van der Waals surface area contributed by atoms with Gasteiger partial charge >= 0.3 is 5.97 Å². The van der Waals surface area contributed by atoms with Crippen LogP contribution in [0.1, 0.15) is 25.3 Å². The van der Waals surface area contributed by atoms with Crippen molar-refractivity contribution in [2.45, 2.75) is 31.3 Å². The third kappa shape index (κ3) is 5.30. The number of hydrogen-bond donors (Lipinski definition) is 0. The van der Waals surface area contributed by atoms with Gasteiger partial charge in [0.15, 0.2) is 0 Å². The SMILES string of the molecule is CCOc1ccc(S(=O)(=O)N2CCC(C(=O)OCc3ccc(F)cc3Cl)CC2)cc1. The number of esters is 1. The van der Waals surface area contributed by atoms with Crippen molar-refractivity contribution in [3.8, 4) is 5.75 Å². The molecule has 2 aromatic rings. The van der Waals surface area contributed by atoms with Crippen LogP contribution in [-0.4, -0.2) is 38.4 Å². The number of nitrogens with zero attached hydrogens (tertiary/aromatic N) is 1. The summed E-state index contributed by atoms with van der Waals surface area (Å²) in [5.41, 5.74) is 0.516. The van der Waals surface area contributed by atoms with Crippen molar-refractivity contribution < 1.29 is 27.1 Å². The van der Waals surface area contributed by atoms with Crippen molar-refractivity contribution in [3.05, 3.63) is 58.9 Å². The first-order valence-electron chi connectivity index (χ1n) is 9.65. The highest BCUT2D eigenvalue weighted by molar-refractivity contribution is 7.89. The van der Waals surface area contributed by atoms with E-state index < -0.39 is 27.7 Å². The molecular weight excluding hydrogens is 433 g/mol. The molecule has 0 amide bonds. The Morgan fingerprint density at radius 1 is 1.17 bits per heavy atom. The maximum Gasteiger partial charge on any atom is 0.309 e. The maximum atomic E-state index is 13.1. The third-order valence-corrected chi connectivity index (χ3v) is 7.21. The molecule has 0 spiro atoms. The van der Waals surface area contributed by atoms with Gasteiger partial charge in [-0.1, -0.05) is 17.7 Å². The van der Waals surface area contributed by atoms with Gasteiger partial charge in [-0.15, -0.1) is 0 Å². The van der Waals surface area contributed by atoms with Gasteiger partial charge in [-0.05, 0) is 56.2 Å². The summed E-state index contributed by atoms with van der Waals surface area (Å²) in [6, 6.07) is 10.2. The van der Waals surface area contributed by atoms with Gasteiger partial charge in [-0.2, -0.15) is 4.31 Å². The number of hydrogen-bond acceptors (Lipinski definition) is 5. The van der Waals surface area contributed by atoms with Crippen molar-refractivity contribution in [2.24, 2.45) is 5.92 Å². The summed E-state index contributed by atoms with van der Waals surface area (Å²) in [4.78, 5) is 12.5. The Morgan fingerprint density at radius 3 is 2.43 bits per heavy atom. The molecule has 0 unspecified atom stereocenters. The number of piperidine rings is 1. The first kappa shape index (κ1) is 22.5. The van der Waals surface area contributed by atoms with Crippen molar-refractivity contribution in [1.29, 1.82) is 0 Å². The van der Waals surface area contributed by atoms with Crippen LogP contribution in [0.5, 0.6) is 5.75 Å². The van der Waals surface area contributed by atoms with E-state index >= 15 is 0 Å². The minimum Gasteiger partial charge on any atom is -0.494 e. The molecule has 162 valence electrons. The van der Waals surface area contributed by atoms with Gasteiger partial charge in [0, 0.05) is 18.7 Å². The molecule has 0 bridgehead atoms. The van der Waals surface area contributed by atoms with E-state index in [1.165, 1.54) is 28.6 Å². The highest BCUT2D eigenvalue weighted by atomic mass is 35.5. The van der Waals surface area contributed by atoms with Gasteiger partial charge in [0.05, 0.1) is 22.4 Å². The predicted octanol–water partition coefficient (Wildman–Crippen LogP) is 4.02. The molecule has 0 radical (unpaired) electrons. The Labute approximate surface area is 180 Å². The third-order valence-electron chi connectivity index (χ3n) is 4.94. The van der Waals surface area contributed by atoms with Crippen molar-refractivity contribution in [3.63, 3.8) is 0 Å². The minimum atomic E-state index is -3.64. The summed E-state index contributed by atoms with van der Waals surface area (Å²) >= 11 is 5.94. The molecule has 30 heavy (non-hydrogen) atoms. The van der Waals surface area contributed by atoms with E-state index in [2.05, 4.69) is 0 Å². The topological polar surface area (TPSA) is 72.9 Å². The zero-order valence-corrected chi connectivity index (χ0v) is 18.1. The second-order valence-corrected chi connectivity index (χ2v) is 9.27. The Hall–Kier alpha value is -2.16. The summed E-state index contributed by atoms with van der Waals surface area (Å²) in [7, 11) is -3.64. The first-order valence-corrected chi connectivity index (χ1v) is 11.5. The lowest BCUT2D eigenvalue weighted by Crippen LogP contribution is -2.40. The highest BCUT2D eigenvalue weighted by Crippen LogP contribution is 2.26. The molecule has 0 aliphatic carbocycles. The quantitative estimate of drug-likeness (QED) is 0.589. The number of carbonyl (C=O) groups excluding carboxylic acids is 1. The number of ether oxygens (including phenoxy) is 2. The number of carbonyl (C=O) groups is 1. The lowest BCUT2D eigenvalue weighted by molar-refractivity contribution is -0.151. The zero-order valence-electron chi connectivity index (χ0n) is 16.5. The fourth-order valence-electron chi connectivity index (χ4n) is 3.26. The Bertz CT molecular complexity index is 989. The van der Waals surface area contributed by atoms with Gasteiger partial charge < -0.3 is 9.47 Å². The van der Waals surface area contributed by atoms with Crippen LogP contribution in [-0.2, 0) is 26.2 Å². The summed E-state index contributed by atoms with van der Waals surface area (Å²) < 4.78 is 50.8. The van der Waals surface area contributed by atoms with Gasteiger partial charge in [-0.3, -0.25) is 4.79 Å². The normalized spacial score (nSPS) is 15.7. The molecule has 1 aliphatic heterocycles. The van der Waals surface area contributed by atoms with Crippen LogP contribution < -0.4 is 4.74 Å². The molecule has 0 saturated carbocycles. The zero-order chi connectivity index (χ0) is 21.7. The van der Waals surface area contributed by atoms with Gasteiger partial charge in [-0.25, -0.2) is 12.8 Å². The van der Waals surface area contributed by atoms with Crippen LogP contribution in [0.15, 0.2) is 47.4 Å². The standard InChI is InChI=1S/C21H23ClFNO5S/c1-2-28-18-5-7-19(8-6-18)30(26,27)24-11-9-15(10-12-24)21(25)29-14-16-3-4-17(23)13-20(16)22/h3-8,13,15H,2,9-12,14H2,1H3. The van der Waals surface area contributed by atoms with E-state index in [0.717, 1.165) is 6.07 Å². The van der Waals surface area contributed by atoms with E-state index in [4.69, 9.17) is 21.1 Å². The monoisotopic (exact) mass is 455 g/mol. The maximum absolute atomic E-state index is 13.1. The molecule has 6 nitrogen and oxygen atoms in total. The second kappa shape index (κ2) is 9.76. The lowest BCUT2D eigenvalue weighted by atomic mass is 9.98. The highest BCUT2D eigenvalue weighted by Gasteiger charge is 2.32. The second-order valence-electron chi connectivity index (χ2n) is 6.93. The summed E-state index contributed by atoms with van der Waals surface area (Å²) in [6.07, 6.45) is 0.735. The van der Waals surface area contributed by atoms with Gasteiger partial charge in [0.25, 0.3) is 0 Å². The van der Waals surface area contributed by atoms with Crippen LogP contribution in [0, 0.1) is 11.7 Å². The molecule has 0 N–H and O–H groups in total. The molecule has 2 aromatic carbocycles. The Morgan fingerprint density at radius 2 is 1.83 bits per heavy atom. The molecule has 1 heterocycles. The van der Waals surface area contributed by atoms with Gasteiger partial charge in [0.2, 0.25) is 10.0 Å². The number of sulfonamides is 1. The average molecular weight is 456 g/mol. The Balaban J connectivity index is 1.55. The summed E-state index contributed by atoms with van der Waals surface area (Å²) in [5.74, 6) is -0.653. The van der Waals surface area contributed by atoms with Crippen LogP contribution in [0.2, 0.25) is 5.02 Å². The van der Waals surface area contributed by atoms with Crippen molar-refractivity contribution in [2.75, 3.05) is 19.7 Å². The molecule has 0 atom stereocenters. The smallest absolute Gasteiger partial charge is 0.309 e. The molecule has 1 aliphatic rings. The molecule has 3 rings (SSSR count).